The molecule has 0 aromatic heterocycles. The van der Waals surface area contributed by atoms with Gasteiger partial charge in [-0.15, -0.1) is 0 Å². The highest BCUT2D eigenvalue weighted by Crippen LogP contribution is 2.49. The molecule has 0 saturated heterocycles. The minimum Gasteiger partial charge on any atom is -0.479 e. The Bertz CT molecular complexity index is 383. The first-order valence-corrected chi connectivity index (χ1v) is 11.0. The Morgan fingerprint density at radius 1 is 0.692 bits per heavy atom. The summed E-state index contributed by atoms with van der Waals surface area (Å²) in [5.74, 6) is -1.13. The van der Waals surface area contributed by atoms with Gasteiger partial charge in [-0.2, -0.15) is 0 Å². The highest BCUT2D eigenvalue weighted by atomic mass is 16.4. The zero-order chi connectivity index (χ0) is 20.3. The monoisotopic (exact) mass is 370 g/mol. The van der Waals surface area contributed by atoms with Crippen LogP contribution in [-0.2, 0) is 4.79 Å². The van der Waals surface area contributed by atoms with E-state index in [0.717, 1.165) is 12.8 Å². The lowest BCUT2D eigenvalue weighted by atomic mass is 9.57. The molecule has 2 N–H and O–H groups in total. The molecule has 1 unspecified atom stereocenters. The van der Waals surface area contributed by atoms with Crippen LogP contribution < -0.4 is 0 Å². The van der Waals surface area contributed by atoms with Crippen molar-refractivity contribution in [3.05, 3.63) is 0 Å². The van der Waals surface area contributed by atoms with Gasteiger partial charge in [0.25, 0.3) is 0 Å². The molecule has 26 heavy (non-hydrogen) atoms. The molecule has 0 spiro atoms. The van der Waals surface area contributed by atoms with E-state index in [1.165, 1.54) is 77.6 Å². The van der Waals surface area contributed by atoms with Gasteiger partial charge in [-0.1, -0.05) is 112 Å². The molecule has 0 rings (SSSR count). The molecule has 156 valence electrons. The second-order valence-corrected chi connectivity index (χ2v) is 9.53. The normalized spacial score (nSPS) is 15.0. The summed E-state index contributed by atoms with van der Waals surface area (Å²) in [6.07, 6.45) is 16.8. The highest BCUT2D eigenvalue weighted by molar-refractivity contribution is 5.77. The second kappa shape index (κ2) is 12.0. The van der Waals surface area contributed by atoms with E-state index in [1.54, 1.807) is 0 Å². The fourth-order valence-corrected chi connectivity index (χ4v) is 3.65. The van der Waals surface area contributed by atoms with Crippen molar-refractivity contribution in [2.45, 2.75) is 131 Å². The lowest BCUT2D eigenvalue weighted by Crippen LogP contribution is -2.55. The van der Waals surface area contributed by atoms with Crippen LogP contribution in [-0.4, -0.2) is 21.8 Å². The minimum atomic E-state index is -1.71. The van der Waals surface area contributed by atoms with Crippen LogP contribution in [0.5, 0.6) is 0 Å². The van der Waals surface area contributed by atoms with Crippen molar-refractivity contribution in [3.8, 4) is 0 Å². The van der Waals surface area contributed by atoms with Crippen molar-refractivity contribution < 1.29 is 15.0 Å². The van der Waals surface area contributed by atoms with E-state index in [1.807, 2.05) is 13.8 Å². The van der Waals surface area contributed by atoms with E-state index in [4.69, 9.17) is 0 Å². The maximum atomic E-state index is 11.4. The first-order chi connectivity index (χ1) is 12.0. The first-order valence-electron chi connectivity index (χ1n) is 11.0. The van der Waals surface area contributed by atoms with Gasteiger partial charge in [-0.3, -0.25) is 0 Å². The Kier molecular flexibility index (Phi) is 11.7. The number of carbonyl (C=O) groups is 1. The number of rotatable bonds is 16. The third-order valence-corrected chi connectivity index (χ3v) is 6.98. The summed E-state index contributed by atoms with van der Waals surface area (Å²) < 4.78 is 0. The summed E-state index contributed by atoms with van der Waals surface area (Å²) in [6.45, 7) is 11.6. The lowest BCUT2D eigenvalue weighted by Gasteiger charge is -2.48. The van der Waals surface area contributed by atoms with E-state index < -0.39 is 17.0 Å². The van der Waals surface area contributed by atoms with Gasteiger partial charge in [0.05, 0.1) is 0 Å². The lowest BCUT2D eigenvalue weighted by molar-refractivity contribution is -0.182. The Morgan fingerprint density at radius 3 is 1.38 bits per heavy atom. The van der Waals surface area contributed by atoms with Crippen LogP contribution >= 0.6 is 0 Å². The third kappa shape index (κ3) is 7.98. The zero-order valence-electron chi connectivity index (χ0n) is 18.5. The van der Waals surface area contributed by atoms with Crippen molar-refractivity contribution in [2.24, 2.45) is 10.8 Å². The summed E-state index contributed by atoms with van der Waals surface area (Å²) >= 11 is 0. The van der Waals surface area contributed by atoms with Crippen LogP contribution in [0.4, 0.5) is 0 Å². The van der Waals surface area contributed by atoms with Crippen molar-refractivity contribution in [1.29, 1.82) is 0 Å². The minimum absolute atomic E-state index is 0.229. The van der Waals surface area contributed by atoms with Crippen molar-refractivity contribution in [3.63, 3.8) is 0 Å². The van der Waals surface area contributed by atoms with Gasteiger partial charge >= 0.3 is 5.97 Å². The smallest absolute Gasteiger partial charge is 0.335 e. The number of aliphatic carboxylic acids is 1. The Hall–Kier alpha value is -0.570. The topological polar surface area (TPSA) is 57.5 Å². The Morgan fingerprint density at radius 2 is 1.04 bits per heavy atom. The molecule has 0 saturated carbocycles. The zero-order valence-corrected chi connectivity index (χ0v) is 18.5. The summed E-state index contributed by atoms with van der Waals surface area (Å²) in [5.41, 5.74) is -2.63. The molecular weight excluding hydrogens is 324 g/mol. The maximum absolute atomic E-state index is 11.4. The Balaban J connectivity index is 3.91. The molecule has 0 aromatic carbocycles. The van der Waals surface area contributed by atoms with Crippen LogP contribution in [0.2, 0.25) is 0 Å². The summed E-state index contributed by atoms with van der Waals surface area (Å²) in [5, 5.41) is 19.8. The third-order valence-electron chi connectivity index (χ3n) is 6.98. The molecule has 0 bridgehead atoms. The van der Waals surface area contributed by atoms with Crippen molar-refractivity contribution >= 4 is 5.97 Å². The number of hydrogen-bond acceptors (Lipinski definition) is 2. The average molecular weight is 371 g/mol. The van der Waals surface area contributed by atoms with Crippen LogP contribution in [0.1, 0.15) is 125 Å². The van der Waals surface area contributed by atoms with Gasteiger partial charge in [-0.05, 0) is 18.8 Å². The second-order valence-electron chi connectivity index (χ2n) is 9.53. The van der Waals surface area contributed by atoms with Crippen LogP contribution in [0.15, 0.2) is 0 Å². The molecule has 0 aliphatic carbocycles. The average Bonchev–Trinajstić information content (AvgIpc) is 2.55. The molecule has 0 aliphatic heterocycles. The predicted octanol–water partition coefficient (Wildman–Crippen LogP) is 6.97. The molecule has 0 radical (unpaired) electrons. The number of carboxylic acids is 1. The van der Waals surface area contributed by atoms with Crippen LogP contribution in [0.3, 0.4) is 0 Å². The van der Waals surface area contributed by atoms with Gasteiger partial charge in [0, 0.05) is 5.41 Å². The number of unbranched alkanes of at least 4 members (excludes halogenated alkanes) is 11. The molecule has 0 aromatic rings. The predicted molar refractivity (Wildman–Crippen MR) is 112 cm³/mol. The van der Waals surface area contributed by atoms with Gasteiger partial charge in [0.15, 0.2) is 5.60 Å². The highest BCUT2D eigenvalue weighted by Gasteiger charge is 2.53. The molecule has 0 fully saturated rings. The molecule has 3 heteroatoms. The number of hydrogen-bond donors (Lipinski definition) is 2. The fourth-order valence-electron chi connectivity index (χ4n) is 3.65. The summed E-state index contributed by atoms with van der Waals surface area (Å²) in [7, 11) is 0. The number of carboxylic acid groups (broad SMARTS) is 1. The molecular formula is C23H46O3. The Labute approximate surface area is 163 Å². The van der Waals surface area contributed by atoms with Crippen molar-refractivity contribution in [1.82, 2.24) is 0 Å². The standard InChI is InChI=1S/C23H46O3/c1-7-8-9-10-11-12-13-14-15-16-17-18-19-21(2,3)22(4,5)23(6,26)20(24)25/h26H,7-19H2,1-6H3,(H,24,25). The van der Waals surface area contributed by atoms with Crippen LogP contribution in [0, 0.1) is 10.8 Å². The summed E-state index contributed by atoms with van der Waals surface area (Å²) in [4.78, 5) is 11.4. The quantitative estimate of drug-likeness (QED) is 0.288. The molecule has 0 aliphatic rings. The number of aliphatic hydroxyl groups is 1. The molecule has 1 atom stereocenters. The van der Waals surface area contributed by atoms with E-state index in [9.17, 15) is 15.0 Å². The maximum Gasteiger partial charge on any atom is 0.335 e. The van der Waals surface area contributed by atoms with Gasteiger partial charge in [-0.25, -0.2) is 4.79 Å². The molecule has 0 amide bonds. The molecule has 3 nitrogen and oxygen atoms in total. The van der Waals surface area contributed by atoms with E-state index in [-0.39, 0.29) is 5.41 Å². The summed E-state index contributed by atoms with van der Waals surface area (Å²) in [6, 6.07) is 0. The van der Waals surface area contributed by atoms with Gasteiger partial charge < -0.3 is 10.2 Å². The van der Waals surface area contributed by atoms with E-state index in [0.29, 0.717) is 0 Å². The SMILES string of the molecule is CCCCCCCCCCCCCCC(C)(C)C(C)(C)C(C)(O)C(=O)O. The van der Waals surface area contributed by atoms with Crippen molar-refractivity contribution in [2.75, 3.05) is 0 Å². The van der Waals surface area contributed by atoms with E-state index in [2.05, 4.69) is 20.8 Å². The fraction of sp³-hybridized carbons (Fsp3) is 0.957. The van der Waals surface area contributed by atoms with Gasteiger partial charge in [0.1, 0.15) is 0 Å². The first kappa shape index (κ1) is 25.4. The van der Waals surface area contributed by atoms with E-state index >= 15 is 0 Å². The largest absolute Gasteiger partial charge is 0.479 e. The molecule has 0 heterocycles. The van der Waals surface area contributed by atoms with Gasteiger partial charge in [0.2, 0.25) is 0 Å². The van der Waals surface area contributed by atoms with Crippen LogP contribution in [0.25, 0.3) is 0 Å².